The lowest BCUT2D eigenvalue weighted by Crippen LogP contribution is -2.48. The molecule has 7 heteroatoms. The van der Waals surface area contributed by atoms with Crippen LogP contribution in [0.15, 0.2) is 29.4 Å². The minimum Gasteiger partial charge on any atom is -0.382 e. The third-order valence-electron chi connectivity index (χ3n) is 3.81. The Morgan fingerprint density at radius 3 is 2.65 bits per heavy atom. The maximum atomic E-state index is 12.2. The molecule has 0 unspecified atom stereocenters. The molecule has 0 spiro atoms. The Kier molecular flexibility index (Phi) is 4.52. The van der Waals surface area contributed by atoms with E-state index in [0.29, 0.717) is 17.2 Å². The summed E-state index contributed by atoms with van der Waals surface area (Å²) >= 11 is 5.85. The van der Waals surface area contributed by atoms with Crippen molar-refractivity contribution < 1.29 is 14.4 Å². The normalized spacial score (nSPS) is 21.1. The number of rotatable bonds is 5. The van der Waals surface area contributed by atoms with Crippen LogP contribution in [0.3, 0.4) is 0 Å². The summed E-state index contributed by atoms with van der Waals surface area (Å²) in [5.74, 6) is -0.506. The van der Waals surface area contributed by atoms with Gasteiger partial charge in [-0.1, -0.05) is 28.9 Å². The molecular weight excluding hydrogens is 318 g/mol. The monoisotopic (exact) mass is 335 g/mol. The number of benzene rings is 1. The number of carbonyl (C=O) groups excluding carboxylic acids is 2. The highest BCUT2D eigenvalue weighted by Crippen LogP contribution is 2.20. The average molecular weight is 336 g/mol. The van der Waals surface area contributed by atoms with E-state index in [1.54, 1.807) is 19.1 Å². The molecule has 1 aromatic carbocycles. The molecule has 1 aromatic rings. The summed E-state index contributed by atoms with van der Waals surface area (Å²) in [6.45, 7) is 1.66. The predicted octanol–water partition coefficient (Wildman–Crippen LogP) is 1.62. The van der Waals surface area contributed by atoms with Crippen molar-refractivity contribution >= 4 is 29.1 Å². The van der Waals surface area contributed by atoms with Crippen LogP contribution in [0.1, 0.15) is 31.7 Å². The van der Waals surface area contributed by atoms with E-state index in [1.165, 1.54) is 0 Å². The first-order chi connectivity index (χ1) is 11.0. The molecule has 1 aliphatic heterocycles. The van der Waals surface area contributed by atoms with Crippen molar-refractivity contribution in [3.63, 3.8) is 0 Å². The van der Waals surface area contributed by atoms with Gasteiger partial charge in [-0.3, -0.25) is 9.59 Å². The third kappa shape index (κ3) is 4.01. The van der Waals surface area contributed by atoms with Crippen molar-refractivity contribution in [1.29, 1.82) is 0 Å². The van der Waals surface area contributed by atoms with E-state index in [2.05, 4.69) is 15.8 Å². The smallest absolute Gasteiger partial charge is 0.264 e. The minimum atomic E-state index is -0.711. The quantitative estimate of drug-likeness (QED) is 0.858. The van der Waals surface area contributed by atoms with E-state index in [4.69, 9.17) is 16.4 Å². The molecule has 1 fully saturated rings. The van der Waals surface area contributed by atoms with E-state index in [-0.39, 0.29) is 17.9 Å². The molecule has 2 N–H and O–H groups in total. The number of nitrogens with zero attached hydrogens (tertiary/aromatic N) is 1. The molecule has 2 atom stereocenters. The van der Waals surface area contributed by atoms with Gasteiger partial charge < -0.3 is 15.5 Å². The lowest BCUT2D eigenvalue weighted by Gasteiger charge is -2.15. The van der Waals surface area contributed by atoms with Gasteiger partial charge in [-0.25, -0.2) is 0 Å². The second kappa shape index (κ2) is 6.58. The molecule has 0 bridgehead atoms. The molecule has 122 valence electrons. The number of halogens is 1. The van der Waals surface area contributed by atoms with Gasteiger partial charge in [-0.2, -0.15) is 0 Å². The number of amides is 2. The molecule has 3 rings (SSSR count). The van der Waals surface area contributed by atoms with Gasteiger partial charge in [-0.15, -0.1) is 0 Å². The Morgan fingerprint density at radius 1 is 1.30 bits per heavy atom. The van der Waals surface area contributed by atoms with Crippen molar-refractivity contribution in [2.75, 3.05) is 0 Å². The van der Waals surface area contributed by atoms with Gasteiger partial charge in [-0.05, 0) is 37.5 Å². The van der Waals surface area contributed by atoms with Crippen LogP contribution in [0.4, 0.5) is 0 Å². The van der Waals surface area contributed by atoms with E-state index >= 15 is 0 Å². The second-order valence-electron chi connectivity index (χ2n) is 5.86. The summed E-state index contributed by atoms with van der Waals surface area (Å²) in [5.41, 5.74) is 1.56. The molecule has 2 amide bonds. The number of carbonyl (C=O) groups is 2. The molecule has 0 saturated heterocycles. The van der Waals surface area contributed by atoms with Crippen molar-refractivity contribution in [1.82, 2.24) is 10.6 Å². The van der Waals surface area contributed by atoms with Crippen LogP contribution in [0, 0.1) is 0 Å². The Bertz CT molecular complexity index is 640. The fraction of sp³-hybridized carbons (Fsp3) is 0.438. The summed E-state index contributed by atoms with van der Waals surface area (Å²) in [4.78, 5) is 29.2. The van der Waals surface area contributed by atoms with Gasteiger partial charge in [0.05, 0.1) is 5.71 Å². The molecule has 2 aliphatic rings. The number of nitrogens with one attached hydrogen (secondary N) is 2. The van der Waals surface area contributed by atoms with Gasteiger partial charge in [0.1, 0.15) is 6.04 Å². The molecule has 0 radical (unpaired) electrons. The number of hydrogen-bond acceptors (Lipinski definition) is 4. The standard InChI is InChI=1S/C16H18ClN3O3/c1-9(15(21)19-12-6-7-12)18-16(22)14-8-13(20-23-14)10-2-4-11(17)5-3-10/h2-5,9,12,14H,6-8H2,1H3,(H,18,22)(H,19,21)/t9-,14+/m1/s1. The van der Waals surface area contributed by atoms with Crippen molar-refractivity contribution in [2.45, 2.75) is 44.4 Å². The first-order valence-electron chi connectivity index (χ1n) is 7.62. The molecular formula is C16H18ClN3O3. The molecule has 6 nitrogen and oxygen atoms in total. The zero-order chi connectivity index (χ0) is 16.4. The summed E-state index contributed by atoms with van der Waals surface area (Å²) in [7, 11) is 0. The first kappa shape index (κ1) is 15.8. The van der Waals surface area contributed by atoms with E-state index in [1.807, 2.05) is 12.1 Å². The van der Waals surface area contributed by atoms with Gasteiger partial charge in [0, 0.05) is 17.5 Å². The Morgan fingerprint density at radius 2 is 2.00 bits per heavy atom. The SMILES string of the molecule is C[C@@H](NC(=O)[C@@H]1CC(c2ccc(Cl)cc2)=NO1)C(=O)NC1CC1. The van der Waals surface area contributed by atoms with Crippen LogP contribution < -0.4 is 10.6 Å². The lowest BCUT2D eigenvalue weighted by molar-refractivity contribution is -0.135. The Hall–Kier alpha value is -2.08. The fourth-order valence-corrected chi connectivity index (χ4v) is 2.38. The van der Waals surface area contributed by atoms with E-state index in [9.17, 15) is 9.59 Å². The molecule has 23 heavy (non-hydrogen) atoms. The predicted molar refractivity (Wildman–Crippen MR) is 86.2 cm³/mol. The van der Waals surface area contributed by atoms with Crippen molar-refractivity contribution in [3.05, 3.63) is 34.9 Å². The lowest BCUT2D eigenvalue weighted by atomic mass is 10.0. The first-order valence-corrected chi connectivity index (χ1v) is 8.00. The van der Waals surface area contributed by atoms with Crippen LogP contribution in [-0.4, -0.2) is 35.7 Å². The van der Waals surface area contributed by atoms with Gasteiger partial charge in [0.2, 0.25) is 12.0 Å². The largest absolute Gasteiger partial charge is 0.382 e. The summed E-state index contributed by atoms with van der Waals surface area (Å²) in [6.07, 6.45) is 1.67. The molecule has 1 aliphatic carbocycles. The van der Waals surface area contributed by atoms with Crippen LogP contribution in [0.2, 0.25) is 5.02 Å². The molecule has 1 saturated carbocycles. The fourth-order valence-electron chi connectivity index (χ4n) is 2.26. The molecule has 0 aromatic heterocycles. The topological polar surface area (TPSA) is 79.8 Å². The maximum Gasteiger partial charge on any atom is 0.264 e. The van der Waals surface area contributed by atoms with E-state index < -0.39 is 12.1 Å². The van der Waals surface area contributed by atoms with Crippen molar-refractivity contribution in [3.8, 4) is 0 Å². The average Bonchev–Trinajstić information content (AvgIpc) is 3.20. The number of oxime groups is 1. The summed E-state index contributed by atoms with van der Waals surface area (Å²) < 4.78 is 0. The third-order valence-corrected chi connectivity index (χ3v) is 4.07. The molecule has 1 heterocycles. The van der Waals surface area contributed by atoms with E-state index in [0.717, 1.165) is 18.4 Å². The Labute approximate surface area is 139 Å². The summed E-state index contributed by atoms with van der Waals surface area (Å²) in [5, 5.41) is 10.1. The van der Waals surface area contributed by atoms with Gasteiger partial charge >= 0.3 is 0 Å². The summed E-state index contributed by atoms with van der Waals surface area (Å²) in [6, 6.07) is 6.86. The van der Waals surface area contributed by atoms with Crippen LogP contribution in [0.5, 0.6) is 0 Å². The second-order valence-corrected chi connectivity index (χ2v) is 6.29. The van der Waals surface area contributed by atoms with Gasteiger partial charge in [0.25, 0.3) is 5.91 Å². The Balaban J connectivity index is 1.51. The highest BCUT2D eigenvalue weighted by Gasteiger charge is 2.32. The zero-order valence-corrected chi connectivity index (χ0v) is 13.5. The highest BCUT2D eigenvalue weighted by molar-refractivity contribution is 6.30. The number of hydrogen-bond donors (Lipinski definition) is 2. The van der Waals surface area contributed by atoms with Gasteiger partial charge in [0.15, 0.2) is 0 Å². The van der Waals surface area contributed by atoms with Crippen molar-refractivity contribution in [2.24, 2.45) is 5.16 Å². The van der Waals surface area contributed by atoms with Crippen LogP contribution in [-0.2, 0) is 14.4 Å². The maximum absolute atomic E-state index is 12.2. The highest BCUT2D eigenvalue weighted by atomic mass is 35.5. The van der Waals surface area contributed by atoms with Crippen LogP contribution >= 0.6 is 11.6 Å². The zero-order valence-electron chi connectivity index (χ0n) is 12.7. The van der Waals surface area contributed by atoms with Crippen LogP contribution in [0.25, 0.3) is 0 Å². The minimum absolute atomic E-state index is 0.169.